The fourth-order valence-corrected chi connectivity index (χ4v) is 1.37. The largest absolute Gasteiger partial charge is 0.390 e. The molecule has 3 heteroatoms. The summed E-state index contributed by atoms with van der Waals surface area (Å²) >= 11 is 0. The van der Waals surface area contributed by atoms with E-state index in [1.54, 1.807) is 13.8 Å². The molecule has 0 bridgehead atoms. The molecule has 3 atom stereocenters. The van der Waals surface area contributed by atoms with Crippen LogP contribution in [0.5, 0.6) is 0 Å². The third kappa shape index (κ3) is 0.664. The SMILES string of the molecule is CC1(C)C(C#N)[C@@H](O)[C@H]1O. The number of rotatable bonds is 0. The second-order valence-electron chi connectivity index (χ2n) is 3.36. The molecule has 0 aromatic heterocycles. The van der Waals surface area contributed by atoms with Crippen LogP contribution in [-0.4, -0.2) is 22.4 Å². The van der Waals surface area contributed by atoms with Gasteiger partial charge in [-0.25, -0.2) is 0 Å². The molecule has 0 radical (unpaired) electrons. The number of nitrogens with zero attached hydrogens (tertiary/aromatic N) is 1. The van der Waals surface area contributed by atoms with Crippen molar-refractivity contribution in [3.8, 4) is 6.07 Å². The molecular weight excluding hydrogens is 130 g/mol. The van der Waals surface area contributed by atoms with Gasteiger partial charge in [0.1, 0.15) is 0 Å². The summed E-state index contributed by atoms with van der Waals surface area (Å²) in [6.45, 7) is 3.55. The fraction of sp³-hybridized carbons (Fsp3) is 0.857. The van der Waals surface area contributed by atoms with Crippen molar-refractivity contribution in [1.82, 2.24) is 0 Å². The minimum atomic E-state index is -0.847. The van der Waals surface area contributed by atoms with Crippen LogP contribution >= 0.6 is 0 Å². The minimum Gasteiger partial charge on any atom is -0.390 e. The minimum absolute atomic E-state index is 0.414. The zero-order chi connectivity index (χ0) is 7.94. The lowest BCUT2D eigenvalue weighted by molar-refractivity contribution is -0.180. The lowest BCUT2D eigenvalue weighted by Gasteiger charge is -2.49. The number of hydrogen-bond donors (Lipinski definition) is 2. The van der Waals surface area contributed by atoms with Gasteiger partial charge < -0.3 is 10.2 Å². The maximum atomic E-state index is 9.14. The van der Waals surface area contributed by atoms with Gasteiger partial charge in [0, 0.05) is 5.41 Å². The van der Waals surface area contributed by atoms with Gasteiger partial charge in [-0.15, -0.1) is 0 Å². The fourth-order valence-electron chi connectivity index (χ4n) is 1.37. The Hall–Kier alpha value is -0.590. The van der Waals surface area contributed by atoms with Crippen LogP contribution in [0, 0.1) is 22.7 Å². The highest BCUT2D eigenvalue weighted by Crippen LogP contribution is 2.45. The Labute approximate surface area is 59.9 Å². The summed E-state index contributed by atoms with van der Waals surface area (Å²) in [5.41, 5.74) is -0.436. The number of aliphatic hydroxyl groups is 2. The number of hydrogen-bond acceptors (Lipinski definition) is 3. The molecule has 1 rings (SSSR count). The highest BCUT2D eigenvalue weighted by atomic mass is 16.3. The van der Waals surface area contributed by atoms with E-state index in [4.69, 9.17) is 15.5 Å². The van der Waals surface area contributed by atoms with Crippen LogP contribution in [0.25, 0.3) is 0 Å². The summed E-state index contributed by atoms with van der Waals surface area (Å²) in [5.74, 6) is -0.414. The van der Waals surface area contributed by atoms with Crippen molar-refractivity contribution in [1.29, 1.82) is 5.26 Å². The van der Waals surface area contributed by atoms with Crippen LogP contribution in [0.15, 0.2) is 0 Å². The topological polar surface area (TPSA) is 64.2 Å². The highest BCUT2D eigenvalue weighted by molar-refractivity contribution is 5.13. The van der Waals surface area contributed by atoms with E-state index in [-0.39, 0.29) is 0 Å². The van der Waals surface area contributed by atoms with E-state index in [0.717, 1.165) is 0 Å². The summed E-state index contributed by atoms with van der Waals surface area (Å²) in [7, 11) is 0. The van der Waals surface area contributed by atoms with Gasteiger partial charge in [-0.05, 0) is 0 Å². The molecule has 0 aromatic carbocycles. The van der Waals surface area contributed by atoms with Crippen molar-refractivity contribution in [2.24, 2.45) is 11.3 Å². The third-order valence-corrected chi connectivity index (χ3v) is 2.37. The van der Waals surface area contributed by atoms with Gasteiger partial charge in [-0.2, -0.15) is 5.26 Å². The van der Waals surface area contributed by atoms with Crippen LogP contribution in [0.2, 0.25) is 0 Å². The average Bonchev–Trinajstić information content (AvgIpc) is 1.88. The third-order valence-electron chi connectivity index (χ3n) is 2.37. The lowest BCUT2D eigenvalue weighted by Crippen LogP contribution is -2.60. The van der Waals surface area contributed by atoms with Gasteiger partial charge in [0.05, 0.1) is 24.2 Å². The second-order valence-corrected chi connectivity index (χ2v) is 3.36. The molecule has 56 valence electrons. The molecule has 0 aliphatic heterocycles. The smallest absolute Gasteiger partial charge is 0.0968 e. The molecule has 1 aliphatic carbocycles. The standard InChI is InChI=1S/C7H11NO2/c1-7(2)4(3-8)5(9)6(7)10/h4-6,9-10H,1-2H3/t4?,5-,6-/m1/s1. The van der Waals surface area contributed by atoms with Crippen molar-refractivity contribution in [3.63, 3.8) is 0 Å². The monoisotopic (exact) mass is 141 g/mol. The first-order valence-corrected chi connectivity index (χ1v) is 3.27. The Bertz CT molecular complexity index is 183. The summed E-state index contributed by atoms with van der Waals surface area (Å²) in [6, 6.07) is 1.96. The van der Waals surface area contributed by atoms with E-state index < -0.39 is 23.5 Å². The maximum absolute atomic E-state index is 9.14. The number of aliphatic hydroxyl groups excluding tert-OH is 2. The Morgan fingerprint density at radius 2 is 1.90 bits per heavy atom. The molecular formula is C7H11NO2. The molecule has 0 heterocycles. The Morgan fingerprint density at radius 1 is 1.40 bits per heavy atom. The van der Waals surface area contributed by atoms with Gasteiger partial charge in [-0.3, -0.25) is 0 Å². The van der Waals surface area contributed by atoms with Gasteiger partial charge in [-0.1, -0.05) is 13.8 Å². The van der Waals surface area contributed by atoms with Crippen molar-refractivity contribution in [2.75, 3.05) is 0 Å². The van der Waals surface area contributed by atoms with Gasteiger partial charge in [0.15, 0.2) is 0 Å². The highest BCUT2D eigenvalue weighted by Gasteiger charge is 2.55. The van der Waals surface area contributed by atoms with E-state index in [1.807, 2.05) is 6.07 Å². The van der Waals surface area contributed by atoms with Crippen molar-refractivity contribution < 1.29 is 10.2 Å². The van der Waals surface area contributed by atoms with Crippen molar-refractivity contribution >= 4 is 0 Å². The molecule has 2 N–H and O–H groups in total. The van der Waals surface area contributed by atoms with E-state index in [2.05, 4.69) is 0 Å². The molecule has 1 saturated carbocycles. The first-order chi connectivity index (χ1) is 4.51. The summed E-state index contributed by atoms with van der Waals surface area (Å²) in [5, 5.41) is 26.7. The Balaban J connectivity index is 2.73. The zero-order valence-corrected chi connectivity index (χ0v) is 6.07. The van der Waals surface area contributed by atoms with E-state index in [1.165, 1.54) is 0 Å². The average molecular weight is 141 g/mol. The Morgan fingerprint density at radius 3 is 2.10 bits per heavy atom. The van der Waals surface area contributed by atoms with Gasteiger partial charge >= 0.3 is 0 Å². The lowest BCUT2D eigenvalue weighted by atomic mass is 9.59. The molecule has 0 amide bonds. The van der Waals surface area contributed by atoms with Crippen LogP contribution in [0.1, 0.15) is 13.8 Å². The molecule has 1 aliphatic rings. The summed E-state index contributed by atoms with van der Waals surface area (Å²) < 4.78 is 0. The molecule has 3 nitrogen and oxygen atoms in total. The van der Waals surface area contributed by atoms with Crippen LogP contribution < -0.4 is 0 Å². The Kier molecular flexibility index (Phi) is 1.46. The van der Waals surface area contributed by atoms with Gasteiger partial charge in [0.2, 0.25) is 0 Å². The molecule has 0 aromatic rings. The predicted octanol–water partition coefficient (Wildman–Crippen LogP) is -0.112. The number of nitriles is 1. The van der Waals surface area contributed by atoms with E-state index in [0.29, 0.717) is 0 Å². The first kappa shape index (κ1) is 7.52. The van der Waals surface area contributed by atoms with E-state index in [9.17, 15) is 0 Å². The molecule has 1 fully saturated rings. The molecule has 1 unspecified atom stereocenters. The zero-order valence-electron chi connectivity index (χ0n) is 6.07. The van der Waals surface area contributed by atoms with Crippen LogP contribution in [-0.2, 0) is 0 Å². The van der Waals surface area contributed by atoms with Crippen LogP contribution in [0.4, 0.5) is 0 Å². The maximum Gasteiger partial charge on any atom is 0.0968 e. The van der Waals surface area contributed by atoms with Crippen molar-refractivity contribution in [3.05, 3.63) is 0 Å². The predicted molar refractivity (Wildman–Crippen MR) is 34.9 cm³/mol. The summed E-state index contributed by atoms with van der Waals surface area (Å²) in [4.78, 5) is 0. The van der Waals surface area contributed by atoms with Crippen LogP contribution in [0.3, 0.4) is 0 Å². The van der Waals surface area contributed by atoms with E-state index >= 15 is 0 Å². The molecule has 0 saturated heterocycles. The molecule has 0 spiro atoms. The van der Waals surface area contributed by atoms with Crippen molar-refractivity contribution in [2.45, 2.75) is 26.1 Å². The second kappa shape index (κ2) is 1.94. The first-order valence-electron chi connectivity index (χ1n) is 3.27. The quantitative estimate of drug-likeness (QED) is 0.494. The van der Waals surface area contributed by atoms with Gasteiger partial charge in [0.25, 0.3) is 0 Å². The normalized spacial score (nSPS) is 43.7. The molecule has 10 heavy (non-hydrogen) atoms. The summed E-state index contributed by atoms with van der Waals surface area (Å²) in [6.07, 6.45) is -1.59.